The van der Waals surface area contributed by atoms with Gasteiger partial charge in [-0.3, -0.25) is 4.79 Å². The number of nitrogens with two attached hydrogens (primary N) is 1. The Balaban J connectivity index is 1.67. The SMILES string of the molecule is NC(=O)c1cnc(NCc2ccc(-n3cccn3)nc2)c(Cl)c1. The summed E-state index contributed by atoms with van der Waals surface area (Å²) in [6, 6.07) is 7.12. The lowest BCUT2D eigenvalue weighted by Crippen LogP contribution is -2.12. The summed E-state index contributed by atoms with van der Waals surface area (Å²) < 4.78 is 1.68. The maximum absolute atomic E-state index is 11.1. The van der Waals surface area contributed by atoms with Crippen molar-refractivity contribution in [2.45, 2.75) is 6.54 Å². The van der Waals surface area contributed by atoms with Crippen molar-refractivity contribution in [3.8, 4) is 5.82 Å². The molecule has 1 amide bonds. The van der Waals surface area contributed by atoms with Crippen molar-refractivity contribution in [1.29, 1.82) is 0 Å². The van der Waals surface area contributed by atoms with E-state index in [1.165, 1.54) is 12.3 Å². The average Bonchev–Trinajstić information content (AvgIpc) is 3.08. The molecule has 0 fully saturated rings. The normalized spacial score (nSPS) is 10.5. The summed E-state index contributed by atoms with van der Waals surface area (Å²) in [4.78, 5) is 19.5. The Hall–Kier alpha value is -2.93. The average molecular weight is 329 g/mol. The van der Waals surface area contributed by atoms with Gasteiger partial charge >= 0.3 is 0 Å². The van der Waals surface area contributed by atoms with Crippen molar-refractivity contribution in [2.24, 2.45) is 5.73 Å². The fraction of sp³-hybridized carbons (Fsp3) is 0.0667. The second kappa shape index (κ2) is 6.45. The maximum atomic E-state index is 11.1. The molecule has 0 spiro atoms. The topological polar surface area (TPSA) is 98.7 Å². The highest BCUT2D eigenvalue weighted by Gasteiger charge is 2.07. The van der Waals surface area contributed by atoms with Crippen molar-refractivity contribution < 1.29 is 4.79 Å². The van der Waals surface area contributed by atoms with Gasteiger partial charge in [-0.05, 0) is 23.8 Å². The highest BCUT2D eigenvalue weighted by Crippen LogP contribution is 2.20. The van der Waals surface area contributed by atoms with Crippen LogP contribution in [0.25, 0.3) is 5.82 Å². The summed E-state index contributed by atoms with van der Waals surface area (Å²) in [6.07, 6.45) is 6.65. The van der Waals surface area contributed by atoms with Crippen LogP contribution in [0.2, 0.25) is 5.02 Å². The number of carbonyl (C=O) groups excluding carboxylic acids is 1. The van der Waals surface area contributed by atoms with Crippen molar-refractivity contribution in [2.75, 3.05) is 5.32 Å². The number of rotatable bonds is 5. The van der Waals surface area contributed by atoms with Crippen molar-refractivity contribution in [3.05, 3.63) is 65.2 Å². The van der Waals surface area contributed by atoms with Crippen LogP contribution in [0.5, 0.6) is 0 Å². The molecule has 0 aliphatic carbocycles. The standard InChI is InChI=1S/C15H13ClN6O/c16-12-6-11(14(17)23)9-20-15(12)19-8-10-2-3-13(18-7-10)22-5-1-4-21-22/h1-7,9H,8H2,(H2,17,23)(H,19,20). The first-order chi connectivity index (χ1) is 11.1. The van der Waals surface area contributed by atoms with Crippen LogP contribution >= 0.6 is 11.6 Å². The highest BCUT2D eigenvalue weighted by molar-refractivity contribution is 6.33. The third-order valence-electron chi connectivity index (χ3n) is 3.13. The molecule has 23 heavy (non-hydrogen) atoms. The highest BCUT2D eigenvalue weighted by atomic mass is 35.5. The zero-order valence-corrected chi connectivity index (χ0v) is 12.7. The minimum atomic E-state index is -0.565. The molecular formula is C15H13ClN6O. The first-order valence-electron chi connectivity index (χ1n) is 6.77. The summed E-state index contributed by atoms with van der Waals surface area (Å²) >= 11 is 6.07. The lowest BCUT2D eigenvalue weighted by Gasteiger charge is -2.08. The minimum absolute atomic E-state index is 0.269. The van der Waals surface area contributed by atoms with Gasteiger partial charge in [0.2, 0.25) is 5.91 Å². The van der Waals surface area contributed by atoms with E-state index >= 15 is 0 Å². The third-order valence-corrected chi connectivity index (χ3v) is 3.42. The summed E-state index contributed by atoms with van der Waals surface area (Å²) in [6.45, 7) is 0.495. The van der Waals surface area contributed by atoms with Crippen LogP contribution in [0, 0.1) is 0 Å². The van der Waals surface area contributed by atoms with E-state index in [9.17, 15) is 4.79 Å². The number of aromatic nitrogens is 4. The molecule has 3 rings (SSSR count). The van der Waals surface area contributed by atoms with Crippen LogP contribution < -0.4 is 11.1 Å². The fourth-order valence-corrected chi connectivity index (χ4v) is 2.18. The number of halogens is 1. The molecule has 0 saturated heterocycles. The Labute approximate surface area is 137 Å². The van der Waals surface area contributed by atoms with Crippen LogP contribution in [-0.4, -0.2) is 25.7 Å². The van der Waals surface area contributed by atoms with E-state index in [1.54, 1.807) is 17.1 Å². The predicted octanol–water partition coefficient (Wildman–Crippen LogP) is 2.03. The molecule has 0 radical (unpaired) electrons. The lowest BCUT2D eigenvalue weighted by molar-refractivity contribution is 0.1000. The van der Waals surface area contributed by atoms with Gasteiger partial charge < -0.3 is 11.1 Å². The van der Waals surface area contributed by atoms with Gasteiger partial charge in [0, 0.05) is 31.3 Å². The Bertz CT molecular complexity index is 816. The largest absolute Gasteiger partial charge is 0.366 e. The van der Waals surface area contributed by atoms with Gasteiger partial charge in [-0.1, -0.05) is 17.7 Å². The predicted molar refractivity (Wildman–Crippen MR) is 86.5 cm³/mol. The molecule has 0 atom stereocenters. The molecular weight excluding hydrogens is 316 g/mol. The zero-order chi connectivity index (χ0) is 16.2. The Morgan fingerprint density at radius 2 is 2.17 bits per heavy atom. The molecule has 3 N–H and O–H groups in total. The van der Waals surface area contributed by atoms with Gasteiger partial charge in [-0.25, -0.2) is 14.6 Å². The first-order valence-corrected chi connectivity index (χ1v) is 7.15. The monoisotopic (exact) mass is 328 g/mol. The van der Waals surface area contributed by atoms with Gasteiger partial charge in [0.1, 0.15) is 5.82 Å². The van der Waals surface area contributed by atoms with Crippen LogP contribution in [0.15, 0.2) is 49.1 Å². The molecule has 0 aliphatic heterocycles. The second-order valence-corrected chi connectivity index (χ2v) is 5.15. The van der Waals surface area contributed by atoms with Crippen LogP contribution in [0.4, 0.5) is 5.82 Å². The lowest BCUT2D eigenvalue weighted by atomic mass is 10.2. The van der Waals surface area contributed by atoms with Crippen molar-refractivity contribution in [3.63, 3.8) is 0 Å². The van der Waals surface area contributed by atoms with Crippen LogP contribution in [0.1, 0.15) is 15.9 Å². The van der Waals surface area contributed by atoms with E-state index < -0.39 is 5.91 Å². The number of amides is 1. The van der Waals surface area contributed by atoms with E-state index in [1.807, 2.05) is 24.4 Å². The molecule has 0 saturated carbocycles. The van der Waals surface area contributed by atoms with Gasteiger partial charge in [0.25, 0.3) is 0 Å². The fourth-order valence-electron chi connectivity index (χ4n) is 1.95. The molecule has 7 nitrogen and oxygen atoms in total. The number of pyridine rings is 2. The van der Waals surface area contributed by atoms with Crippen LogP contribution in [0.3, 0.4) is 0 Å². The van der Waals surface area contributed by atoms with E-state index in [0.717, 1.165) is 11.4 Å². The number of hydrogen-bond acceptors (Lipinski definition) is 5. The summed E-state index contributed by atoms with van der Waals surface area (Å²) in [5.74, 6) is 0.651. The molecule has 0 unspecified atom stereocenters. The van der Waals surface area contributed by atoms with Crippen LogP contribution in [-0.2, 0) is 6.54 Å². The zero-order valence-electron chi connectivity index (χ0n) is 12.0. The number of nitrogens with one attached hydrogen (secondary N) is 1. The molecule has 0 aliphatic rings. The molecule has 0 aromatic carbocycles. The molecule has 3 heterocycles. The van der Waals surface area contributed by atoms with Crippen molar-refractivity contribution in [1.82, 2.24) is 19.7 Å². The Morgan fingerprint density at radius 1 is 1.30 bits per heavy atom. The Kier molecular flexibility index (Phi) is 4.20. The van der Waals surface area contributed by atoms with Gasteiger partial charge in [-0.2, -0.15) is 5.10 Å². The number of carbonyl (C=O) groups is 1. The van der Waals surface area contributed by atoms with Gasteiger partial charge in [-0.15, -0.1) is 0 Å². The van der Waals surface area contributed by atoms with E-state index in [4.69, 9.17) is 17.3 Å². The molecule has 8 heteroatoms. The van der Waals surface area contributed by atoms with E-state index in [-0.39, 0.29) is 5.56 Å². The molecule has 116 valence electrons. The summed E-state index contributed by atoms with van der Waals surface area (Å²) in [5.41, 5.74) is 6.40. The molecule has 3 aromatic rings. The Morgan fingerprint density at radius 3 is 2.78 bits per heavy atom. The number of nitrogens with zero attached hydrogens (tertiary/aromatic N) is 4. The summed E-state index contributed by atoms with van der Waals surface area (Å²) in [7, 11) is 0. The third kappa shape index (κ3) is 3.46. The molecule has 3 aromatic heterocycles. The van der Waals surface area contributed by atoms with Gasteiger partial charge in [0.05, 0.1) is 10.6 Å². The number of anilines is 1. The second-order valence-electron chi connectivity index (χ2n) is 4.75. The smallest absolute Gasteiger partial charge is 0.250 e. The maximum Gasteiger partial charge on any atom is 0.250 e. The number of hydrogen-bond donors (Lipinski definition) is 2. The number of primary amides is 1. The quantitative estimate of drug-likeness (QED) is 0.746. The van der Waals surface area contributed by atoms with Crippen molar-refractivity contribution >= 4 is 23.3 Å². The summed E-state index contributed by atoms with van der Waals surface area (Å²) in [5, 5.41) is 7.54. The van der Waals surface area contributed by atoms with E-state index in [2.05, 4.69) is 20.4 Å². The molecule has 0 bridgehead atoms. The van der Waals surface area contributed by atoms with E-state index in [0.29, 0.717) is 17.4 Å². The van der Waals surface area contributed by atoms with Gasteiger partial charge in [0.15, 0.2) is 5.82 Å². The first kappa shape index (κ1) is 15.0. The minimum Gasteiger partial charge on any atom is -0.366 e.